The minimum absolute atomic E-state index is 0.00516. The second-order valence-corrected chi connectivity index (χ2v) is 6.43. The van der Waals surface area contributed by atoms with Gasteiger partial charge in [0.1, 0.15) is 11.5 Å². The third kappa shape index (κ3) is 3.36. The van der Waals surface area contributed by atoms with Crippen LogP contribution in [-0.2, 0) is 0 Å². The molecule has 1 aliphatic rings. The highest BCUT2D eigenvalue weighted by molar-refractivity contribution is 5.93. The molecule has 1 aliphatic heterocycles. The van der Waals surface area contributed by atoms with Crippen LogP contribution in [0.2, 0.25) is 0 Å². The molecule has 1 aromatic heterocycles. The summed E-state index contributed by atoms with van der Waals surface area (Å²) in [5.74, 6) is -0.352. The van der Waals surface area contributed by atoms with Gasteiger partial charge in [-0.1, -0.05) is 0 Å². The van der Waals surface area contributed by atoms with Crippen molar-refractivity contribution in [3.05, 3.63) is 23.9 Å². The molecule has 1 radical (unpaired) electrons. The van der Waals surface area contributed by atoms with Gasteiger partial charge in [-0.15, -0.1) is 0 Å². The van der Waals surface area contributed by atoms with Crippen LogP contribution in [0.4, 0.5) is 10.6 Å². The highest BCUT2D eigenvalue weighted by Gasteiger charge is 2.35. The summed E-state index contributed by atoms with van der Waals surface area (Å²) in [4.78, 5) is 31.0. The second-order valence-electron chi connectivity index (χ2n) is 6.43. The van der Waals surface area contributed by atoms with E-state index in [0.29, 0.717) is 12.4 Å². The fraction of sp³-hybridized carbons (Fsp3) is 0.533. The molecule has 7 nitrogen and oxygen atoms in total. The van der Waals surface area contributed by atoms with Gasteiger partial charge < -0.3 is 11.5 Å². The molecular weight excluding hydrogens is 282 g/mol. The minimum atomic E-state index is -0.686. The van der Waals surface area contributed by atoms with Gasteiger partial charge in [0, 0.05) is 24.7 Å². The Morgan fingerprint density at radius 1 is 1.41 bits per heavy atom. The van der Waals surface area contributed by atoms with Crippen LogP contribution in [0.1, 0.15) is 37.7 Å². The molecule has 0 aromatic carbocycles. The summed E-state index contributed by atoms with van der Waals surface area (Å²) in [6, 6.07) is 5.12. The van der Waals surface area contributed by atoms with Gasteiger partial charge in [-0.2, -0.15) is 0 Å². The predicted molar refractivity (Wildman–Crippen MR) is 83.4 cm³/mol. The first-order valence-corrected chi connectivity index (χ1v) is 7.22. The number of pyridine rings is 1. The van der Waals surface area contributed by atoms with Crippen LogP contribution in [0.3, 0.4) is 0 Å². The number of carbonyl (C=O) groups excluding carboxylic acids is 2. The fourth-order valence-corrected chi connectivity index (χ4v) is 2.68. The standard InChI is InChI=1S/C15H22N5O2/c1-15(2,3)19-8-7-10(9-19)20(14(17)22)12-6-4-5-11(18-12)13(16)21/h4,6,10H,7-9H2,1-3H3,(H2,16,21)(H2,17,22)/t10-/m0/s1. The Morgan fingerprint density at radius 2 is 2.09 bits per heavy atom. The molecular formula is C15H22N5O2. The molecule has 0 aliphatic carbocycles. The first-order valence-electron chi connectivity index (χ1n) is 7.22. The number of urea groups is 1. The fourth-order valence-electron chi connectivity index (χ4n) is 2.68. The number of likely N-dealkylation sites (tertiary alicyclic amines) is 1. The van der Waals surface area contributed by atoms with E-state index in [2.05, 4.69) is 36.7 Å². The first kappa shape index (κ1) is 16.2. The Balaban J connectivity index is 2.27. The average Bonchev–Trinajstić information content (AvgIpc) is 2.88. The SMILES string of the molecule is CC(C)(C)N1CC[C@H](N(C(N)=O)c2cc[c]c(C(N)=O)n2)C1. The molecule has 0 unspecified atom stereocenters. The summed E-state index contributed by atoms with van der Waals surface area (Å²) in [7, 11) is 0. The van der Waals surface area contributed by atoms with Gasteiger partial charge in [-0.25, -0.2) is 9.78 Å². The second kappa shape index (κ2) is 5.92. The first-order chi connectivity index (χ1) is 10.2. The largest absolute Gasteiger partial charge is 0.364 e. The molecule has 2 rings (SSSR count). The van der Waals surface area contributed by atoms with E-state index in [1.165, 1.54) is 11.0 Å². The smallest absolute Gasteiger partial charge is 0.320 e. The zero-order valence-corrected chi connectivity index (χ0v) is 13.2. The summed E-state index contributed by atoms with van der Waals surface area (Å²) < 4.78 is 0. The monoisotopic (exact) mass is 304 g/mol. The predicted octanol–water partition coefficient (Wildman–Crippen LogP) is 0.739. The van der Waals surface area contributed by atoms with Crippen molar-refractivity contribution in [2.45, 2.75) is 38.8 Å². The Hall–Kier alpha value is -2.15. The molecule has 7 heteroatoms. The van der Waals surface area contributed by atoms with Crippen molar-refractivity contribution in [2.75, 3.05) is 18.0 Å². The molecule has 119 valence electrons. The summed E-state index contributed by atoms with van der Waals surface area (Å²) in [5, 5.41) is 0. The highest BCUT2D eigenvalue weighted by Crippen LogP contribution is 2.26. The van der Waals surface area contributed by atoms with Gasteiger partial charge >= 0.3 is 6.03 Å². The molecule has 4 N–H and O–H groups in total. The lowest BCUT2D eigenvalue weighted by Crippen LogP contribution is -2.48. The summed E-state index contributed by atoms with van der Waals surface area (Å²) >= 11 is 0. The maximum atomic E-state index is 11.9. The van der Waals surface area contributed by atoms with E-state index in [-0.39, 0.29) is 17.3 Å². The van der Waals surface area contributed by atoms with Crippen molar-refractivity contribution in [1.29, 1.82) is 0 Å². The zero-order chi connectivity index (χ0) is 16.5. The Bertz CT molecular complexity index is 582. The lowest BCUT2D eigenvalue weighted by Gasteiger charge is -2.33. The van der Waals surface area contributed by atoms with Gasteiger partial charge in [0.2, 0.25) is 0 Å². The van der Waals surface area contributed by atoms with Crippen molar-refractivity contribution < 1.29 is 9.59 Å². The molecule has 1 fully saturated rings. The van der Waals surface area contributed by atoms with Crippen LogP contribution in [0.5, 0.6) is 0 Å². The number of hydrogen-bond donors (Lipinski definition) is 2. The number of rotatable bonds is 3. The van der Waals surface area contributed by atoms with Gasteiger partial charge in [0.25, 0.3) is 5.91 Å². The molecule has 0 bridgehead atoms. The number of hydrogen-bond acceptors (Lipinski definition) is 4. The molecule has 1 atom stereocenters. The van der Waals surface area contributed by atoms with E-state index in [1.54, 1.807) is 6.07 Å². The Kier molecular flexibility index (Phi) is 4.37. The van der Waals surface area contributed by atoms with Crippen LogP contribution < -0.4 is 16.4 Å². The quantitative estimate of drug-likeness (QED) is 0.859. The van der Waals surface area contributed by atoms with E-state index in [9.17, 15) is 9.59 Å². The zero-order valence-electron chi connectivity index (χ0n) is 13.2. The van der Waals surface area contributed by atoms with Crippen LogP contribution >= 0.6 is 0 Å². The molecule has 2 heterocycles. The number of aromatic nitrogens is 1. The number of nitrogens with two attached hydrogens (primary N) is 2. The Morgan fingerprint density at radius 3 is 2.59 bits per heavy atom. The van der Waals surface area contributed by atoms with Crippen molar-refractivity contribution in [3.63, 3.8) is 0 Å². The van der Waals surface area contributed by atoms with Gasteiger partial charge in [-0.3, -0.25) is 14.6 Å². The lowest BCUT2D eigenvalue weighted by atomic mass is 10.1. The molecule has 0 saturated carbocycles. The van der Waals surface area contributed by atoms with Crippen molar-refractivity contribution in [3.8, 4) is 0 Å². The molecule has 0 spiro atoms. The normalized spacial score (nSPS) is 19.1. The van der Waals surface area contributed by atoms with E-state index in [4.69, 9.17) is 11.5 Å². The van der Waals surface area contributed by atoms with Crippen molar-refractivity contribution in [2.24, 2.45) is 11.5 Å². The van der Waals surface area contributed by atoms with E-state index >= 15 is 0 Å². The summed E-state index contributed by atoms with van der Waals surface area (Å²) in [6.45, 7) is 7.97. The van der Waals surface area contributed by atoms with Crippen molar-refractivity contribution >= 4 is 17.8 Å². The third-order valence-corrected chi connectivity index (χ3v) is 3.87. The topological polar surface area (TPSA) is 106 Å². The number of anilines is 1. The molecule has 1 aromatic rings. The maximum Gasteiger partial charge on any atom is 0.320 e. The Labute approximate surface area is 130 Å². The van der Waals surface area contributed by atoms with E-state index in [0.717, 1.165) is 13.0 Å². The highest BCUT2D eigenvalue weighted by atomic mass is 16.2. The van der Waals surface area contributed by atoms with Crippen molar-refractivity contribution in [1.82, 2.24) is 9.88 Å². The minimum Gasteiger partial charge on any atom is -0.364 e. The van der Waals surface area contributed by atoms with Gasteiger partial charge in [-0.05, 0) is 39.3 Å². The summed E-state index contributed by atoms with van der Waals surface area (Å²) in [5.41, 5.74) is 10.8. The summed E-state index contributed by atoms with van der Waals surface area (Å²) in [6.07, 6.45) is 0.798. The third-order valence-electron chi connectivity index (χ3n) is 3.87. The van der Waals surface area contributed by atoms with E-state index in [1.807, 2.05) is 0 Å². The van der Waals surface area contributed by atoms with Crippen LogP contribution in [0.25, 0.3) is 0 Å². The van der Waals surface area contributed by atoms with Crippen LogP contribution in [0, 0.1) is 6.07 Å². The maximum absolute atomic E-state index is 11.9. The van der Waals surface area contributed by atoms with Crippen LogP contribution in [0.15, 0.2) is 12.1 Å². The van der Waals surface area contributed by atoms with E-state index < -0.39 is 11.9 Å². The van der Waals surface area contributed by atoms with Gasteiger partial charge in [0.15, 0.2) is 0 Å². The average molecular weight is 304 g/mol. The van der Waals surface area contributed by atoms with Gasteiger partial charge in [0.05, 0.1) is 6.04 Å². The molecule has 22 heavy (non-hydrogen) atoms. The number of nitrogens with zero attached hydrogens (tertiary/aromatic N) is 3. The molecule has 3 amide bonds. The number of primary amides is 2. The van der Waals surface area contributed by atoms with Crippen LogP contribution in [-0.4, -0.2) is 46.5 Å². The lowest BCUT2D eigenvalue weighted by molar-refractivity contribution is 0.0995. The number of carbonyl (C=O) groups is 2. The number of amides is 3. The molecule has 1 saturated heterocycles.